The lowest BCUT2D eigenvalue weighted by molar-refractivity contribution is -0.132. The standard InChI is InChI=1S/C21H19ClN4O3/c22-13-7-8-16-18(12-13)29-21(28)26(16)11-9-19(27)25-10-3-6-17(25)20-23-14-4-1-2-5-15(14)24-20/h1-2,4-5,7-8,12,17H,3,6,9-11H2,(H,23,24)/t17-/m1/s1. The molecule has 0 aliphatic carbocycles. The smallest absolute Gasteiger partial charge is 0.408 e. The highest BCUT2D eigenvalue weighted by molar-refractivity contribution is 6.31. The minimum Gasteiger partial charge on any atom is -0.408 e. The Morgan fingerprint density at radius 1 is 1.28 bits per heavy atom. The van der Waals surface area contributed by atoms with E-state index in [1.807, 2.05) is 29.2 Å². The van der Waals surface area contributed by atoms with Crippen molar-refractivity contribution >= 4 is 39.6 Å². The van der Waals surface area contributed by atoms with Gasteiger partial charge in [0.2, 0.25) is 5.91 Å². The van der Waals surface area contributed by atoms with E-state index in [0.29, 0.717) is 22.7 Å². The fourth-order valence-corrected chi connectivity index (χ4v) is 4.24. The largest absolute Gasteiger partial charge is 0.419 e. The molecule has 0 spiro atoms. The van der Waals surface area contributed by atoms with E-state index in [4.69, 9.17) is 16.0 Å². The van der Waals surface area contributed by atoms with Crippen LogP contribution in [-0.2, 0) is 11.3 Å². The maximum atomic E-state index is 13.0. The molecule has 1 aliphatic heterocycles. The number of carbonyl (C=O) groups excluding carboxylic acids is 1. The predicted molar refractivity (Wildman–Crippen MR) is 110 cm³/mol. The number of nitrogens with one attached hydrogen (secondary N) is 1. The summed E-state index contributed by atoms with van der Waals surface area (Å²) in [4.78, 5) is 35.0. The number of rotatable bonds is 4. The third-order valence-corrected chi connectivity index (χ3v) is 5.71. The van der Waals surface area contributed by atoms with Crippen molar-refractivity contribution in [3.8, 4) is 0 Å². The highest BCUT2D eigenvalue weighted by atomic mass is 35.5. The Kier molecular flexibility index (Phi) is 4.39. The minimum absolute atomic E-state index is 0.00293. The molecule has 2 aromatic carbocycles. The van der Waals surface area contributed by atoms with Crippen LogP contribution >= 0.6 is 11.6 Å². The van der Waals surface area contributed by atoms with Crippen molar-refractivity contribution in [2.75, 3.05) is 6.54 Å². The van der Waals surface area contributed by atoms with E-state index in [1.54, 1.807) is 18.2 Å². The molecule has 1 aliphatic rings. The van der Waals surface area contributed by atoms with Gasteiger partial charge in [-0.15, -0.1) is 0 Å². The average molecular weight is 411 g/mol. The summed E-state index contributed by atoms with van der Waals surface area (Å²) < 4.78 is 6.73. The number of oxazole rings is 1. The van der Waals surface area contributed by atoms with Crippen molar-refractivity contribution in [2.24, 2.45) is 0 Å². The SMILES string of the molecule is O=C(CCn1c(=O)oc2cc(Cl)ccc21)N1CCC[C@@H]1c1nc2ccccc2[nH]1. The van der Waals surface area contributed by atoms with E-state index in [2.05, 4.69) is 9.97 Å². The van der Waals surface area contributed by atoms with Crippen LogP contribution in [0.3, 0.4) is 0 Å². The zero-order valence-corrected chi connectivity index (χ0v) is 16.4. The van der Waals surface area contributed by atoms with Crippen molar-refractivity contribution in [1.29, 1.82) is 0 Å². The normalized spacial score (nSPS) is 16.9. The number of likely N-dealkylation sites (tertiary alicyclic amines) is 1. The van der Waals surface area contributed by atoms with Gasteiger partial charge in [-0.05, 0) is 37.1 Å². The number of aryl methyl sites for hydroxylation is 1. The second-order valence-electron chi connectivity index (χ2n) is 7.27. The average Bonchev–Trinajstić information content (AvgIpc) is 3.41. The number of carbonyl (C=O) groups is 1. The van der Waals surface area contributed by atoms with Crippen LogP contribution < -0.4 is 5.76 Å². The first-order chi connectivity index (χ1) is 14.1. The molecule has 1 fully saturated rings. The number of aromatic nitrogens is 3. The molecule has 0 saturated carbocycles. The van der Waals surface area contributed by atoms with Crippen LogP contribution in [0.1, 0.15) is 31.1 Å². The second-order valence-corrected chi connectivity index (χ2v) is 7.70. The zero-order valence-electron chi connectivity index (χ0n) is 15.6. The lowest BCUT2D eigenvalue weighted by Crippen LogP contribution is -2.32. The minimum atomic E-state index is -0.481. The first kappa shape index (κ1) is 18.0. The molecule has 0 bridgehead atoms. The number of amides is 1. The number of nitrogens with zero attached hydrogens (tertiary/aromatic N) is 3. The molecule has 7 nitrogen and oxygen atoms in total. The van der Waals surface area contributed by atoms with Gasteiger partial charge >= 0.3 is 5.76 Å². The van der Waals surface area contributed by atoms with E-state index in [9.17, 15) is 9.59 Å². The van der Waals surface area contributed by atoms with Gasteiger partial charge in [0.25, 0.3) is 0 Å². The molecule has 0 unspecified atom stereocenters. The van der Waals surface area contributed by atoms with Gasteiger partial charge in [0.15, 0.2) is 5.58 Å². The first-order valence-corrected chi connectivity index (χ1v) is 10.0. The van der Waals surface area contributed by atoms with Gasteiger partial charge in [-0.2, -0.15) is 0 Å². The van der Waals surface area contributed by atoms with Crippen molar-refractivity contribution < 1.29 is 9.21 Å². The fraction of sp³-hybridized carbons (Fsp3) is 0.286. The molecule has 1 atom stereocenters. The van der Waals surface area contributed by atoms with Crippen LogP contribution in [0.2, 0.25) is 5.02 Å². The highest BCUT2D eigenvalue weighted by Crippen LogP contribution is 2.32. The van der Waals surface area contributed by atoms with E-state index in [-0.39, 0.29) is 24.9 Å². The maximum Gasteiger partial charge on any atom is 0.419 e. The fourth-order valence-electron chi connectivity index (χ4n) is 4.08. The molecule has 4 aromatic rings. The lowest BCUT2D eigenvalue weighted by Gasteiger charge is -2.23. The van der Waals surface area contributed by atoms with Crippen LogP contribution in [0.25, 0.3) is 22.1 Å². The number of halogens is 1. The molecule has 2 aromatic heterocycles. The Morgan fingerprint density at radius 3 is 3.00 bits per heavy atom. The summed E-state index contributed by atoms with van der Waals surface area (Å²) >= 11 is 5.96. The number of imidazole rings is 1. The lowest BCUT2D eigenvalue weighted by atomic mass is 10.2. The Balaban J connectivity index is 1.35. The second kappa shape index (κ2) is 7.08. The summed E-state index contributed by atoms with van der Waals surface area (Å²) in [5, 5.41) is 0.500. The van der Waals surface area contributed by atoms with Gasteiger partial charge in [-0.1, -0.05) is 23.7 Å². The number of aromatic amines is 1. The monoisotopic (exact) mass is 410 g/mol. The van der Waals surface area contributed by atoms with Crippen molar-refractivity contribution in [2.45, 2.75) is 31.8 Å². The van der Waals surface area contributed by atoms with Crippen LogP contribution in [-0.4, -0.2) is 31.9 Å². The van der Waals surface area contributed by atoms with Crippen molar-refractivity contribution in [3.05, 3.63) is 63.9 Å². The third kappa shape index (κ3) is 3.21. The van der Waals surface area contributed by atoms with Gasteiger partial charge in [-0.25, -0.2) is 9.78 Å². The molecular weight excluding hydrogens is 392 g/mol. The number of benzene rings is 2. The summed E-state index contributed by atoms with van der Waals surface area (Å²) in [6, 6.07) is 12.8. The molecule has 5 rings (SSSR count). The summed E-state index contributed by atoms with van der Waals surface area (Å²) in [7, 11) is 0. The number of para-hydroxylation sites is 2. The maximum absolute atomic E-state index is 13.0. The van der Waals surface area contributed by atoms with Gasteiger partial charge in [0.05, 0.1) is 22.6 Å². The summed E-state index contributed by atoms with van der Waals surface area (Å²) in [5.74, 6) is 0.339. The van der Waals surface area contributed by atoms with E-state index in [1.165, 1.54) is 4.57 Å². The van der Waals surface area contributed by atoms with Crippen LogP contribution in [0, 0.1) is 0 Å². The van der Waals surface area contributed by atoms with E-state index < -0.39 is 5.76 Å². The summed E-state index contributed by atoms with van der Waals surface area (Å²) in [6.07, 6.45) is 2.02. The van der Waals surface area contributed by atoms with E-state index in [0.717, 1.165) is 29.7 Å². The third-order valence-electron chi connectivity index (χ3n) is 5.48. The molecule has 8 heteroatoms. The van der Waals surface area contributed by atoms with Crippen LogP contribution in [0.5, 0.6) is 0 Å². The molecule has 1 N–H and O–H groups in total. The Labute approximate surface area is 170 Å². The van der Waals surface area contributed by atoms with Crippen molar-refractivity contribution in [3.63, 3.8) is 0 Å². The zero-order chi connectivity index (χ0) is 20.0. The van der Waals surface area contributed by atoms with E-state index >= 15 is 0 Å². The first-order valence-electron chi connectivity index (χ1n) is 9.63. The molecule has 3 heterocycles. The Hall–Kier alpha value is -3.06. The molecule has 1 saturated heterocycles. The van der Waals surface area contributed by atoms with Gasteiger partial charge in [0.1, 0.15) is 5.82 Å². The molecule has 1 amide bonds. The predicted octanol–water partition coefficient (Wildman–Crippen LogP) is 3.88. The molecule has 148 valence electrons. The molecule has 29 heavy (non-hydrogen) atoms. The van der Waals surface area contributed by atoms with Gasteiger partial charge in [0, 0.05) is 30.6 Å². The number of H-pyrrole nitrogens is 1. The summed E-state index contributed by atoms with van der Waals surface area (Å²) in [5.41, 5.74) is 2.94. The molecular formula is C21H19ClN4O3. The number of hydrogen-bond acceptors (Lipinski definition) is 4. The van der Waals surface area contributed by atoms with Crippen LogP contribution in [0.4, 0.5) is 0 Å². The quantitative estimate of drug-likeness (QED) is 0.553. The summed E-state index contributed by atoms with van der Waals surface area (Å²) in [6.45, 7) is 0.951. The number of hydrogen-bond donors (Lipinski definition) is 1. The Morgan fingerprint density at radius 2 is 2.14 bits per heavy atom. The Bertz CT molecular complexity index is 1240. The topological polar surface area (TPSA) is 84.1 Å². The van der Waals surface area contributed by atoms with Crippen molar-refractivity contribution in [1.82, 2.24) is 19.4 Å². The van der Waals surface area contributed by atoms with Gasteiger partial charge < -0.3 is 14.3 Å². The van der Waals surface area contributed by atoms with Gasteiger partial charge in [-0.3, -0.25) is 9.36 Å². The number of fused-ring (bicyclic) bond motifs is 2. The highest BCUT2D eigenvalue weighted by Gasteiger charge is 2.32. The molecule has 0 radical (unpaired) electrons. The van der Waals surface area contributed by atoms with Crippen LogP contribution in [0.15, 0.2) is 51.7 Å².